The third kappa shape index (κ3) is 51.5. The molecule has 0 bridgehead atoms. The fraction of sp³-hybridized carbons (Fsp3) is 0.663. The van der Waals surface area contributed by atoms with Gasteiger partial charge in [-0.25, -0.2) is 13.9 Å². The molecule has 0 aliphatic carbocycles. The van der Waals surface area contributed by atoms with E-state index in [0.29, 0.717) is 18.4 Å². The van der Waals surface area contributed by atoms with E-state index in [9.17, 15) is 103 Å². The van der Waals surface area contributed by atoms with Crippen molar-refractivity contribution in [3.05, 3.63) is 128 Å². The van der Waals surface area contributed by atoms with Crippen molar-refractivity contribution in [3.63, 3.8) is 0 Å². The van der Waals surface area contributed by atoms with Crippen LogP contribution in [0.2, 0.25) is 0 Å². The van der Waals surface area contributed by atoms with Gasteiger partial charge in [-0.1, -0.05) is 128 Å². The fourth-order valence-electron chi connectivity index (χ4n) is 14.2. The van der Waals surface area contributed by atoms with E-state index in [1.807, 2.05) is 6.92 Å². The number of aliphatic hydroxyl groups excluding tert-OH is 4. The van der Waals surface area contributed by atoms with E-state index in [0.717, 1.165) is 156 Å². The van der Waals surface area contributed by atoms with E-state index in [-0.39, 0.29) is 19.3 Å². The van der Waals surface area contributed by atoms with Crippen molar-refractivity contribution < 1.29 is 135 Å². The second-order valence-corrected chi connectivity index (χ2v) is 38.3. The number of carboxylic acids is 3. The molecular formula is C95H156N8O28P2. The van der Waals surface area contributed by atoms with Crippen LogP contribution in [0, 0.1) is 0 Å². The summed E-state index contributed by atoms with van der Waals surface area (Å²) in [5.74, 6) is -11.5. The van der Waals surface area contributed by atoms with Crippen molar-refractivity contribution >= 4 is 74.9 Å². The summed E-state index contributed by atoms with van der Waals surface area (Å²) in [6.45, 7) is 29.6. The maximum Gasteiger partial charge on any atom is 0.483 e. The topological polar surface area (TPSA) is 562 Å². The molecule has 2 saturated heterocycles. The van der Waals surface area contributed by atoms with Gasteiger partial charge in [0.05, 0.1) is 19.8 Å². The van der Waals surface area contributed by atoms with Crippen LogP contribution in [-0.4, -0.2) is 228 Å². The molecule has 38 heteroatoms. The number of carboxylic acid groups (broad SMARTS) is 3. The predicted octanol–water partition coefficient (Wildman–Crippen LogP) is 11.8. The number of aliphatic hydroxyl groups is 4. The van der Waals surface area contributed by atoms with Crippen LogP contribution >= 0.6 is 15.6 Å². The lowest BCUT2D eigenvalue weighted by Gasteiger charge is -2.49. The first-order valence-corrected chi connectivity index (χ1v) is 49.0. The summed E-state index contributed by atoms with van der Waals surface area (Å²) < 4.78 is 66.3. The van der Waals surface area contributed by atoms with Gasteiger partial charge in [-0.15, -0.1) is 0 Å². The molecule has 12 unspecified atom stereocenters. The lowest BCUT2D eigenvalue weighted by molar-refractivity contribution is -0.331. The summed E-state index contributed by atoms with van der Waals surface area (Å²) >= 11 is 0. The molecule has 2 fully saturated rings. The van der Waals surface area contributed by atoms with Gasteiger partial charge in [0.15, 0.2) is 12.6 Å². The molecule has 0 aromatic rings. The van der Waals surface area contributed by atoms with Crippen LogP contribution in [0.25, 0.3) is 0 Å². The van der Waals surface area contributed by atoms with E-state index in [1.54, 1.807) is 6.92 Å². The number of rotatable bonds is 64. The second-order valence-electron chi connectivity index (χ2n) is 35.3. The molecule has 0 spiro atoms. The monoisotopic (exact) mass is 1920 g/mol. The predicted molar refractivity (Wildman–Crippen MR) is 506 cm³/mol. The molecule has 0 aromatic heterocycles. The Balaban J connectivity index is 2.11. The van der Waals surface area contributed by atoms with E-state index in [1.165, 1.54) is 63.2 Å². The van der Waals surface area contributed by atoms with E-state index < -0.39 is 211 Å². The van der Waals surface area contributed by atoms with E-state index in [2.05, 4.69) is 172 Å². The summed E-state index contributed by atoms with van der Waals surface area (Å²) in [5, 5.41) is 87.7. The first kappa shape index (κ1) is 121. The molecule has 2 aliphatic rings. The van der Waals surface area contributed by atoms with Crippen molar-refractivity contribution in [2.45, 2.75) is 389 Å². The first-order valence-electron chi connectivity index (χ1n) is 46.0. The smallest absolute Gasteiger partial charge is 0.480 e. The Kier molecular flexibility index (Phi) is 58.1. The number of nitrogens with two attached hydrogens (primary N) is 1. The number of amides is 7. The molecule has 19 atom stereocenters. The van der Waals surface area contributed by atoms with E-state index in [4.69, 9.17) is 33.7 Å². The lowest BCUT2D eigenvalue weighted by atomic mass is 9.94. The zero-order valence-electron chi connectivity index (χ0n) is 81.2. The fourth-order valence-corrected chi connectivity index (χ4v) is 16.3. The van der Waals surface area contributed by atoms with Crippen LogP contribution in [0.5, 0.6) is 0 Å². The Bertz CT molecular complexity index is 4220. The van der Waals surface area contributed by atoms with Crippen molar-refractivity contribution in [2.24, 2.45) is 5.73 Å². The molecule has 7 amide bonds. The molecule has 2 rings (SSSR count). The van der Waals surface area contributed by atoms with Gasteiger partial charge in [-0.05, 0) is 265 Å². The number of aliphatic carboxylic acids is 3. The Hall–Kier alpha value is -8.26. The number of phosphoric acid groups is 2. The SMILES string of the molecule is CC(=O)N[C@@H]1C(O)[C@H](O)C(CO)O[C@H]1O[C@@H]1C(CO)O[C@@H](OP(=O)(O)OP(=O)(O)OC/C=C(/C)CC/C=C(/C)CC/C=C(/C)CC/C=C(/C)CC/C=C(/C)CC/C=C(/C)CC/C=C(/C)CC/C=C(/C)CC/C=C(\C)CC/C=C(\C)CCC=C(C)C)[C@H](NC(C)=O)C1O[C@H](C)C(=O)NC(C)C(=O)NC(CCC(=O)NC(CCCC(N)C(=O)O)C(=O)NC(C)C(=O)NC(C)C(=O)O)C(=O)O. The Morgan fingerprint density at radius 3 is 1.16 bits per heavy atom. The van der Waals surface area contributed by atoms with Crippen LogP contribution in [-0.2, 0) is 89.4 Å². The summed E-state index contributed by atoms with van der Waals surface area (Å²) in [5.41, 5.74) is 20.3. The average molecular weight is 1920 g/mol. The van der Waals surface area contributed by atoms with Gasteiger partial charge in [0, 0.05) is 20.3 Å². The van der Waals surface area contributed by atoms with Crippen LogP contribution in [0.4, 0.5) is 0 Å². The number of carbonyl (C=O) groups is 10. The average Bonchev–Trinajstić information content (AvgIpc) is 0.764. The van der Waals surface area contributed by atoms with Crippen LogP contribution in [0.1, 0.15) is 285 Å². The molecule has 133 heavy (non-hydrogen) atoms. The highest BCUT2D eigenvalue weighted by atomic mass is 31.3. The largest absolute Gasteiger partial charge is 0.483 e. The lowest BCUT2D eigenvalue weighted by Crippen LogP contribution is -2.70. The van der Waals surface area contributed by atoms with Crippen molar-refractivity contribution in [1.29, 1.82) is 0 Å². The summed E-state index contributed by atoms with van der Waals surface area (Å²) in [7, 11) is -11.5. The van der Waals surface area contributed by atoms with Crippen LogP contribution in [0.15, 0.2) is 128 Å². The highest BCUT2D eigenvalue weighted by molar-refractivity contribution is 7.61. The molecule has 18 N–H and O–H groups in total. The second kappa shape index (κ2) is 63.9. The molecule has 0 radical (unpaired) electrons. The standard InChI is InChI=1S/C95H156N8O28P2/c1-58(2)30-19-31-59(3)32-20-33-60(4)34-21-35-61(5)36-22-37-62(6)38-23-39-63(7)40-24-41-64(8)42-25-43-65(9)44-26-45-66(10)46-27-47-67(11)48-28-49-68(12)54-55-125-132(121,122)131-133(123,124)130-95-82(101-74(18)107)86(85(79(57-105)128-95)129-94-81(100-73(17)106)84(110)83(109)78(56-104)127-94)126-72(16)89(113)97-70(14)88(112)103-77(93(119)120)52-53-80(108)102-76(51-29-50-75(96)92(117)118)90(114)98-69(13)87(111)99-71(15)91(115)116/h30,32,34,36,38,40,42,44,46,48,54,69-72,75-79,81-86,94-95,104-105,109-110H,19-29,31,33,35,37,39,41,43,45,47,49-53,55-57,96H2,1-18H3,(H,97,113)(H,98,114)(H,99,111)(H,100,106)(H,101,107)(H,102,108)(H,103,112)(H,115,116)(H,117,118)(H,119,120)(H,121,122)(H,123,124)/b59-32+,60-34+,61-36-,62-38-,63-40-,64-42-,65-44-,66-46-,67-48-,68-54-/t69?,70?,71?,72-,75?,76?,77?,78?,79?,81-,82-,83-,84?,85-,86?,94+,95+/m1/s1. The molecule has 0 aromatic carbocycles. The minimum absolute atomic E-state index is 0.0692. The normalized spacial score (nSPS) is 22.4. The quantitative estimate of drug-likeness (QED) is 0.0199. The molecule has 754 valence electrons. The van der Waals surface area contributed by atoms with Gasteiger partial charge in [0.2, 0.25) is 41.4 Å². The maximum atomic E-state index is 14.1. The van der Waals surface area contributed by atoms with Gasteiger partial charge >= 0.3 is 33.6 Å². The van der Waals surface area contributed by atoms with Crippen LogP contribution < -0.4 is 43.0 Å². The zero-order chi connectivity index (χ0) is 100. The Labute approximate surface area is 785 Å². The first-order chi connectivity index (χ1) is 62.4. The van der Waals surface area contributed by atoms with E-state index >= 15 is 0 Å². The number of allylic oxidation sites excluding steroid dienone is 21. The number of hydrogen-bond acceptors (Lipinski definition) is 24. The molecular weight excluding hydrogens is 1760 g/mol. The van der Waals surface area contributed by atoms with Gasteiger partial charge in [0.25, 0.3) is 0 Å². The molecule has 2 heterocycles. The minimum atomic E-state index is -5.97. The van der Waals surface area contributed by atoms with Gasteiger partial charge in [0.1, 0.15) is 91.1 Å². The minimum Gasteiger partial charge on any atom is -0.480 e. The highest BCUT2D eigenvalue weighted by Gasteiger charge is 2.55. The molecule has 0 saturated carbocycles. The van der Waals surface area contributed by atoms with Crippen molar-refractivity contribution in [1.82, 2.24) is 37.2 Å². The number of phosphoric ester groups is 2. The van der Waals surface area contributed by atoms with Crippen molar-refractivity contribution in [2.75, 3.05) is 19.8 Å². The summed E-state index contributed by atoms with van der Waals surface area (Å²) in [4.78, 5) is 150. The third-order valence-corrected chi connectivity index (χ3v) is 25.0. The van der Waals surface area contributed by atoms with Gasteiger partial charge in [-0.2, -0.15) is 4.31 Å². The Morgan fingerprint density at radius 2 is 0.774 bits per heavy atom. The van der Waals surface area contributed by atoms with Crippen molar-refractivity contribution in [3.8, 4) is 0 Å². The zero-order valence-corrected chi connectivity index (χ0v) is 83.0. The number of carbonyl (C=O) groups excluding carboxylic acids is 7. The van der Waals surface area contributed by atoms with Gasteiger partial charge in [-0.3, -0.25) is 52.2 Å². The van der Waals surface area contributed by atoms with Gasteiger partial charge < -0.3 is 107 Å². The third-order valence-electron chi connectivity index (χ3n) is 22.4. The summed E-state index contributed by atoms with van der Waals surface area (Å²) in [6.07, 6.45) is 25.3. The highest BCUT2D eigenvalue weighted by Crippen LogP contribution is 2.61. The number of hydrogen-bond donors (Lipinski definition) is 17. The number of ether oxygens (including phenoxy) is 4. The summed E-state index contributed by atoms with van der Waals surface area (Å²) in [6, 6.07) is -12.9. The maximum absolute atomic E-state index is 14.1. The molecule has 36 nitrogen and oxygen atoms in total. The van der Waals surface area contributed by atoms with Crippen LogP contribution in [0.3, 0.4) is 0 Å². The Morgan fingerprint density at radius 1 is 0.398 bits per heavy atom. The number of nitrogens with one attached hydrogen (secondary N) is 7. The molecule has 2 aliphatic heterocycles.